The molecule has 0 bridgehead atoms. The SMILES string of the molecule is CN(C(=O)c1ccc(NN)nn1)c1ccccn1. The summed E-state index contributed by atoms with van der Waals surface area (Å²) in [6.07, 6.45) is 1.62. The smallest absolute Gasteiger partial charge is 0.279 e. The fraction of sp³-hybridized carbons (Fsp3) is 0.0909. The maximum absolute atomic E-state index is 12.1. The number of hydrazine groups is 1. The maximum Gasteiger partial charge on any atom is 0.279 e. The Morgan fingerprint density at radius 2 is 2.11 bits per heavy atom. The summed E-state index contributed by atoms with van der Waals surface area (Å²) in [5.41, 5.74) is 2.57. The van der Waals surface area contributed by atoms with Gasteiger partial charge in [0.05, 0.1) is 0 Å². The lowest BCUT2D eigenvalue weighted by molar-refractivity contribution is 0.0986. The molecule has 18 heavy (non-hydrogen) atoms. The third kappa shape index (κ3) is 2.41. The molecule has 0 atom stereocenters. The molecule has 2 aromatic rings. The van der Waals surface area contributed by atoms with Crippen LogP contribution in [0.3, 0.4) is 0 Å². The fourth-order valence-corrected chi connectivity index (χ4v) is 1.35. The summed E-state index contributed by atoms with van der Waals surface area (Å²) in [4.78, 5) is 17.6. The molecule has 0 aliphatic heterocycles. The molecule has 7 heteroatoms. The van der Waals surface area contributed by atoms with E-state index in [0.29, 0.717) is 11.6 Å². The molecule has 0 saturated carbocycles. The minimum Gasteiger partial charge on any atom is -0.307 e. The lowest BCUT2D eigenvalue weighted by Gasteiger charge is -2.14. The van der Waals surface area contributed by atoms with Gasteiger partial charge in [0.1, 0.15) is 5.82 Å². The van der Waals surface area contributed by atoms with Crippen LogP contribution in [0.5, 0.6) is 0 Å². The molecule has 0 aliphatic carbocycles. The van der Waals surface area contributed by atoms with Crippen molar-refractivity contribution in [1.82, 2.24) is 15.2 Å². The predicted octanol–water partition coefficient (Wildman–Crippen LogP) is 0.434. The van der Waals surface area contributed by atoms with Crippen molar-refractivity contribution in [3.8, 4) is 0 Å². The second kappa shape index (κ2) is 5.19. The van der Waals surface area contributed by atoms with Gasteiger partial charge in [0.2, 0.25) is 0 Å². The number of pyridine rings is 1. The number of hydrogen-bond donors (Lipinski definition) is 2. The lowest BCUT2D eigenvalue weighted by atomic mass is 10.3. The van der Waals surface area contributed by atoms with E-state index >= 15 is 0 Å². The summed E-state index contributed by atoms with van der Waals surface area (Å²) in [6, 6.07) is 8.44. The number of nitrogen functional groups attached to an aromatic ring is 1. The number of hydrogen-bond acceptors (Lipinski definition) is 6. The molecule has 0 radical (unpaired) electrons. The first-order valence-corrected chi connectivity index (χ1v) is 5.22. The van der Waals surface area contributed by atoms with Gasteiger partial charge in [-0.3, -0.25) is 9.69 Å². The highest BCUT2D eigenvalue weighted by molar-refractivity contribution is 6.03. The van der Waals surface area contributed by atoms with Gasteiger partial charge in [-0.15, -0.1) is 10.2 Å². The number of nitrogens with zero attached hydrogens (tertiary/aromatic N) is 4. The average Bonchev–Trinajstić information content (AvgIpc) is 2.47. The number of aromatic nitrogens is 3. The molecule has 0 saturated heterocycles. The minimum absolute atomic E-state index is 0.224. The third-order valence-corrected chi connectivity index (χ3v) is 2.33. The third-order valence-electron chi connectivity index (χ3n) is 2.33. The van der Waals surface area contributed by atoms with Crippen LogP contribution in [0.15, 0.2) is 36.5 Å². The molecule has 0 fully saturated rings. The zero-order valence-corrected chi connectivity index (χ0v) is 9.74. The van der Waals surface area contributed by atoms with Crippen molar-refractivity contribution >= 4 is 17.5 Å². The van der Waals surface area contributed by atoms with E-state index in [9.17, 15) is 4.79 Å². The molecular formula is C11H12N6O. The van der Waals surface area contributed by atoms with Crippen molar-refractivity contribution in [1.29, 1.82) is 0 Å². The second-order valence-corrected chi connectivity index (χ2v) is 3.50. The van der Waals surface area contributed by atoms with Crippen molar-refractivity contribution in [3.05, 3.63) is 42.2 Å². The maximum atomic E-state index is 12.1. The van der Waals surface area contributed by atoms with Crippen LogP contribution in [0.25, 0.3) is 0 Å². The Kier molecular flexibility index (Phi) is 3.44. The zero-order valence-electron chi connectivity index (χ0n) is 9.74. The molecule has 2 aromatic heterocycles. The highest BCUT2D eigenvalue weighted by atomic mass is 16.2. The van der Waals surface area contributed by atoms with Crippen LogP contribution >= 0.6 is 0 Å². The van der Waals surface area contributed by atoms with Crippen molar-refractivity contribution in [3.63, 3.8) is 0 Å². The van der Waals surface area contributed by atoms with Crippen molar-refractivity contribution in [2.75, 3.05) is 17.4 Å². The Balaban J connectivity index is 2.20. The van der Waals surface area contributed by atoms with Crippen LogP contribution < -0.4 is 16.2 Å². The van der Waals surface area contributed by atoms with Crippen LogP contribution in [0.4, 0.5) is 11.6 Å². The molecule has 92 valence electrons. The van der Waals surface area contributed by atoms with E-state index in [0.717, 1.165) is 0 Å². The van der Waals surface area contributed by atoms with Crippen molar-refractivity contribution in [2.45, 2.75) is 0 Å². The van der Waals surface area contributed by atoms with E-state index in [1.165, 1.54) is 4.90 Å². The lowest BCUT2D eigenvalue weighted by Crippen LogP contribution is -2.28. The minimum atomic E-state index is -0.287. The summed E-state index contributed by atoms with van der Waals surface area (Å²) in [6.45, 7) is 0. The van der Waals surface area contributed by atoms with Crippen LogP contribution in [0, 0.1) is 0 Å². The van der Waals surface area contributed by atoms with Gasteiger partial charge >= 0.3 is 0 Å². The Morgan fingerprint density at radius 1 is 1.28 bits per heavy atom. The van der Waals surface area contributed by atoms with E-state index in [2.05, 4.69) is 20.6 Å². The highest BCUT2D eigenvalue weighted by Crippen LogP contribution is 2.10. The van der Waals surface area contributed by atoms with Crippen LogP contribution in [0.2, 0.25) is 0 Å². The van der Waals surface area contributed by atoms with Crippen LogP contribution in [-0.4, -0.2) is 28.1 Å². The standard InChI is InChI=1S/C11H12N6O/c1-17(10-4-2-3-7-13-10)11(18)8-5-6-9(14-12)16-15-8/h2-7H,12H2,1H3,(H,14,16). The summed E-state index contributed by atoms with van der Waals surface area (Å²) in [5.74, 6) is 5.82. The van der Waals surface area contributed by atoms with E-state index in [1.54, 1.807) is 43.6 Å². The molecular weight excluding hydrogens is 232 g/mol. The quantitative estimate of drug-likeness (QED) is 0.600. The number of anilines is 2. The van der Waals surface area contributed by atoms with Gasteiger partial charge in [0.25, 0.3) is 5.91 Å². The molecule has 7 nitrogen and oxygen atoms in total. The first-order chi connectivity index (χ1) is 8.72. The van der Waals surface area contributed by atoms with Crippen LogP contribution in [-0.2, 0) is 0 Å². The van der Waals surface area contributed by atoms with E-state index in [1.807, 2.05) is 0 Å². The molecule has 2 rings (SSSR count). The van der Waals surface area contributed by atoms with E-state index < -0.39 is 0 Å². The zero-order chi connectivity index (χ0) is 13.0. The summed E-state index contributed by atoms with van der Waals surface area (Å²) >= 11 is 0. The largest absolute Gasteiger partial charge is 0.307 e. The number of nitrogens with two attached hydrogens (primary N) is 1. The van der Waals surface area contributed by atoms with E-state index in [-0.39, 0.29) is 11.6 Å². The summed E-state index contributed by atoms with van der Waals surface area (Å²) in [5, 5.41) is 7.52. The number of rotatable bonds is 3. The Bertz CT molecular complexity index is 527. The molecule has 1 amide bonds. The van der Waals surface area contributed by atoms with Gasteiger partial charge in [-0.25, -0.2) is 10.8 Å². The van der Waals surface area contributed by atoms with E-state index in [4.69, 9.17) is 5.84 Å². The molecule has 0 aliphatic rings. The first kappa shape index (κ1) is 11.9. The molecule has 0 aromatic carbocycles. The Hall–Kier alpha value is -2.54. The highest BCUT2D eigenvalue weighted by Gasteiger charge is 2.15. The Morgan fingerprint density at radius 3 is 2.67 bits per heavy atom. The second-order valence-electron chi connectivity index (χ2n) is 3.50. The topological polar surface area (TPSA) is 97.0 Å². The number of amides is 1. The summed E-state index contributed by atoms with van der Waals surface area (Å²) in [7, 11) is 1.63. The van der Waals surface area contributed by atoms with Crippen LogP contribution in [0.1, 0.15) is 10.5 Å². The van der Waals surface area contributed by atoms with Crippen molar-refractivity contribution < 1.29 is 4.79 Å². The first-order valence-electron chi connectivity index (χ1n) is 5.22. The van der Waals surface area contributed by atoms with Gasteiger partial charge in [0, 0.05) is 13.2 Å². The normalized spacial score (nSPS) is 9.89. The van der Waals surface area contributed by atoms with Gasteiger partial charge in [0.15, 0.2) is 11.5 Å². The molecule has 0 unspecified atom stereocenters. The number of carbonyl (C=O) groups excluding carboxylic acids is 1. The number of carbonyl (C=O) groups is 1. The van der Waals surface area contributed by atoms with Gasteiger partial charge in [-0.2, -0.15) is 0 Å². The predicted molar refractivity (Wildman–Crippen MR) is 66.8 cm³/mol. The Labute approximate surface area is 104 Å². The summed E-state index contributed by atoms with van der Waals surface area (Å²) < 4.78 is 0. The number of nitrogens with one attached hydrogen (secondary N) is 1. The molecule has 0 spiro atoms. The van der Waals surface area contributed by atoms with Gasteiger partial charge in [-0.1, -0.05) is 6.07 Å². The van der Waals surface area contributed by atoms with Gasteiger partial charge in [-0.05, 0) is 24.3 Å². The van der Waals surface area contributed by atoms with Gasteiger partial charge < -0.3 is 5.43 Å². The fourth-order valence-electron chi connectivity index (χ4n) is 1.35. The van der Waals surface area contributed by atoms with Crippen molar-refractivity contribution in [2.24, 2.45) is 5.84 Å². The monoisotopic (exact) mass is 244 g/mol. The molecule has 3 N–H and O–H groups in total. The molecule has 2 heterocycles. The average molecular weight is 244 g/mol.